The second-order valence-corrected chi connectivity index (χ2v) is 11.2. The van der Waals surface area contributed by atoms with Crippen LogP contribution in [-0.4, -0.2) is 29.0 Å². The third kappa shape index (κ3) is 5.32. The minimum Gasteiger partial charge on any atom is -0.394 e. The summed E-state index contributed by atoms with van der Waals surface area (Å²) in [5.41, 5.74) is 5.54. The summed E-state index contributed by atoms with van der Waals surface area (Å²) in [5.74, 6) is 0.714. The Hall–Kier alpha value is -1.39. The van der Waals surface area contributed by atoms with Crippen molar-refractivity contribution in [1.29, 1.82) is 0 Å². The summed E-state index contributed by atoms with van der Waals surface area (Å²) >= 11 is 6.55. The van der Waals surface area contributed by atoms with Crippen LogP contribution in [-0.2, 0) is 11.2 Å². The van der Waals surface area contributed by atoms with Crippen molar-refractivity contribution in [2.45, 2.75) is 94.9 Å². The Bertz CT molecular complexity index is 924. The van der Waals surface area contributed by atoms with Crippen LogP contribution in [0, 0.1) is 5.41 Å². The first-order valence-corrected chi connectivity index (χ1v) is 13.2. The van der Waals surface area contributed by atoms with E-state index < -0.39 is 6.10 Å². The Morgan fingerprint density at radius 1 is 0.909 bits per heavy atom. The average Bonchev–Trinajstić information content (AvgIpc) is 3.29. The van der Waals surface area contributed by atoms with Gasteiger partial charge in [0.15, 0.2) is 0 Å². The number of ether oxygens (including phenoxy) is 1. The molecule has 1 aliphatic heterocycles. The fourth-order valence-corrected chi connectivity index (χ4v) is 6.75. The van der Waals surface area contributed by atoms with E-state index in [0.717, 1.165) is 22.6 Å². The zero-order chi connectivity index (χ0) is 22.8. The minimum absolute atomic E-state index is 0.0671. The lowest BCUT2D eigenvalue weighted by molar-refractivity contribution is -0.113. The predicted molar refractivity (Wildman–Crippen MR) is 133 cm³/mol. The van der Waals surface area contributed by atoms with Crippen LogP contribution in [0.25, 0.3) is 0 Å². The van der Waals surface area contributed by atoms with Gasteiger partial charge in [0.05, 0.1) is 24.9 Å². The van der Waals surface area contributed by atoms with Gasteiger partial charge in [0.1, 0.15) is 0 Å². The highest BCUT2D eigenvalue weighted by molar-refractivity contribution is 6.31. The number of rotatable bonds is 5. The smallest absolute Gasteiger partial charge is 0.0854 e. The van der Waals surface area contributed by atoms with E-state index in [1.54, 1.807) is 0 Å². The normalized spacial score (nSPS) is 27.8. The van der Waals surface area contributed by atoms with Crippen molar-refractivity contribution in [3.8, 4) is 0 Å². The summed E-state index contributed by atoms with van der Waals surface area (Å²) in [6.45, 7) is -0.0671. The first-order chi connectivity index (χ1) is 16.0. The van der Waals surface area contributed by atoms with Gasteiger partial charge in [-0.3, -0.25) is 0 Å². The van der Waals surface area contributed by atoms with Crippen LogP contribution in [0.2, 0.25) is 5.02 Å². The molecular formula is C29H37ClO3. The molecule has 5 rings (SSSR count). The maximum atomic E-state index is 10.2. The molecule has 3 unspecified atom stereocenters. The van der Waals surface area contributed by atoms with Gasteiger partial charge in [-0.15, -0.1) is 0 Å². The molecule has 3 atom stereocenters. The van der Waals surface area contributed by atoms with E-state index in [4.69, 9.17) is 16.3 Å². The van der Waals surface area contributed by atoms with Crippen molar-refractivity contribution in [2.24, 2.45) is 5.41 Å². The monoisotopic (exact) mass is 468 g/mol. The largest absolute Gasteiger partial charge is 0.394 e. The van der Waals surface area contributed by atoms with Crippen molar-refractivity contribution in [3.63, 3.8) is 0 Å². The van der Waals surface area contributed by atoms with Gasteiger partial charge in [0.25, 0.3) is 0 Å². The van der Waals surface area contributed by atoms with E-state index >= 15 is 0 Å². The van der Waals surface area contributed by atoms with E-state index in [0.29, 0.717) is 24.2 Å². The van der Waals surface area contributed by atoms with Gasteiger partial charge >= 0.3 is 0 Å². The lowest BCUT2D eigenvalue weighted by atomic mass is 9.68. The van der Waals surface area contributed by atoms with E-state index in [1.807, 2.05) is 12.1 Å². The molecule has 0 bridgehead atoms. The molecule has 2 aliphatic carbocycles. The minimum atomic E-state index is -0.448. The van der Waals surface area contributed by atoms with Crippen molar-refractivity contribution < 1.29 is 14.9 Å². The van der Waals surface area contributed by atoms with Gasteiger partial charge in [0, 0.05) is 17.9 Å². The molecule has 2 aromatic rings. The number of hydrogen-bond donors (Lipinski definition) is 2. The molecule has 1 spiro atoms. The van der Waals surface area contributed by atoms with Crippen molar-refractivity contribution in [3.05, 3.63) is 69.7 Å². The van der Waals surface area contributed by atoms with Crippen LogP contribution >= 0.6 is 11.6 Å². The first-order valence-electron chi connectivity index (χ1n) is 12.9. The SMILES string of the molecule is OCC1CC(O)CC(c2ccc(Cl)c(Cc3ccc(C4CCC5(CCCC5)CC4)cc3)c2)O1. The number of aliphatic hydroxyl groups excluding tert-OH is 2. The van der Waals surface area contributed by atoms with Gasteiger partial charge < -0.3 is 14.9 Å². The fraction of sp³-hybridized carbons (Fsp3) is 0.586. The van der Waals surface area contributed by atoms with Crippen LogP contribution in [0.3, 0.4) is 0 Å². The predicted octanol–water partition coefficient (Wildman–Crippen LogP) is 6.72. The van der Waals surface area contributed by atoms with Gasteiger partial charge in [-0.2, -0.15) is 0 Å². The molecule has 3 aliphatic rings. The molecule has 4 heteroatoms. The second kappa shape index (κ2) is 10.1. The van der Waals surface area contributed by atoms with Crippen LogP contribution in [0.15, 0.2) is 42.5 Å². The van der Waals surface area contributed by atoms with Crippen LogP contribution in [0.5, 0.6) is 0 Å². The molecule has 3 fully saturated rings. The first kappa shape index (κ1) is 23.4. The molecule has 0 amide bonds. The number of aliphatic hydroxyl groups is 2. The standard InChI is InChI=1S/C29H37ClO3/c30-27-8-7-23(28-18-25(32)17-26(19-31)33-28)16-24(27)15-20-3-5-21(6-4-20)22-9-13-29(14-10-22)11-1-2-12-29/h3-8,16,22,25-26,28,31-32H,1-2,9-15,17-19H2. The molecule has 1 saturated heterocycles. The summed E-state index contributed by atoms with van der Waals surface area (Å²) < 4.78 is 6.00. The fourth-order valence-electron chi connectivity index (χ4n) is 6.57. The summed E-state index contributed by atoms with van der Waals surface area (Å²) in [6.07, 6.45) is 12.2. The molecular weight excluding hydrogens is 432 g/mol. The molecule has 33 heavy (non-hydrogen) atoms. The number of halogens is 1. The number of benzene rings is 2. The third-order valence-electron chi connectivity index (χ3n) is 8.58. The molecule has 3 nitrogen and oxygen atoms in total. The highest BCUT2D eigenvalue weighted by atomic mass is 35.5. The Morgan fingerprint density at radius 3 is 2.30 bits per heavy atom. The van der Waals surface area contributed by atoms with Gasteiger partial charge in [-0.25, -0.2) is 0 Å². The van der Waals surface area contributed by atoms with Crippen molar-refractivity contribution >= 4 is 11.6 Å². The molecule has 178 valence electrons. The molecule has 0 aromatic heterocycles. The van der Waals surface area contributed by atoms with Crippen LogP contribution < -0.4 is 0 Å². The highest BCUT2D eigenvalue weighted by Gasteiger charge is 2.37. The third-order valence-corrected chi connectivity index (χ3v) is 8.95. The Balaban J connectivity index is 1.24. The second-order valence-electron chi connectivity index (χ2n) is 10.8. The topological polar surface area (TPSA) is 49.7 Å². The van der Waals surface area contributed by atoms with E-state index in [9.17, 15) is 10.2 Å². The van der Waals surface area contributed by atoms with Crippen molar-refractivity contribution in [1.82, 2.24) is 0 Å². The molecule has 2 saturated carbocycles. The van der Waals surface area contributed by atoms with Crippen molar-refractivity contribution in [2.75, 3.05) is 6.61 Å². The molecule has 2 N–H and O–H groups in total. The molecule has 1 heterocycles. The lowest BCUT2D eigenvalue weighted by Gasteiger charge is -2.37. The highest BCUT2D eigenvalue weighted by Crippen LogP contribution is 2.52. The van der Waals surface area contributed by atoms with E-state index in [-0.39, 0.29) is 18.8 Å². The van der Waals surface area contributed by atoms with E-state index in [2.05, 4.69) is 30.3 Å². The summed E-state index contributed by atoms with van der Waals surface area (Å²) in [5, 5.41) is 20.4. The summed E-state index contributed by atoms with van der Waals surface area (Å²) in [4.78, 5) is 0. The Kier molecular flexibility index (Phi) is 7.13. The maximum absolute atomic E-state index is 10.2. The van der Waals surface area contributed by atoms with Crippen LogP contribution in [0.1, 0.15) is 98.5 Å². The quantitative estimate of drug-likeness (QED) is 0.511. The maximum Gasteiger partial charge on any atom is 0.0854 e. The van der Waals surface area contributed by atoms with Gasteiger partial charge in [0.2, 0.25) is 0 Å². The average molecular weight is 469 g/mol. The Morgan fingerprint density at radius 2 is 1.61 bits per heavy atom. The zero-order valence-electron chi connectivity index (χ0n) is 19.5. The van der Waals surface area contributed by atoms with Crippen LogP contribution in [0.4, 0.5) is 0 Å². The summed E-state index contributed by atoms with van der Waals surface area (Å²) in [7, 11) is 0. The van der Waals surface area contributed by atoms with E-state index in [1.165, 1.54) is 62.5 Å². The molecule has 0 radical (unpaired) electrons. The Labute approximate surface area is 203 Å². The molecule has 2 aromatic carbocycles. The van der Waals surface area contributed by atoms with Gasteiger partial charge in [-0.1, -0.05) is 60.8 Å². The number of hydrogen-bond acceptors (Lipinski definition) is 3. The lowest BCUT2D eigenvalue weighted by Crippen LogP contribution is -2.33. The van der Waals surface area contributed by atoms with Gasteiger partial charge in [-0.05, 0) is 84.6 Å². The summed E-state index contributed by atoms with van der Waals surface area (Å²) in [6, 6.07) is 15.2. The zero-order valence-corrected chi connectivity index (χ0v) is 20.3.